The topological polar surface area (TPSA) is 499 Å². The highest BCUT2D eigenvalue weighted by atomic mass is 35.5. The largest absolute Gasteiger partial charge is 0.519 e. The lowest BCUT2D eigenvalue weighted by Gasteiger charge is -2.42. The maximum atomic E-state index is 12.6. The number of nitrogens with zero attached hydrogens (tertiary/aromatic N) is 11. The van der Waals surface area contributed by atoms with Crippen LogP contribution in [0.25, 0.3) is 0 Å². The Labute approximate surface area is 834 Å². The molecule has 5 aliphatic rings. The van der Waals surface area contributed by atoms with Crippen molar-refractivity contribution >= 4 is 101 Å². The summed E-state index contributed by atoms with van der Waals surface area (Å²) in [7, 11) is 0. The maximum absolute atomic E-state index is 12.6. The molecule has 756 valence electrons. The number of hydrogen-bond donors (Lipinski definition) is 9. The monoisotopic (exact) mass is 1980 g/mol. The second kappa shape index (κ2) is 55.9. The van der Waals surface area contributed by atoms with Crippen LogP contribution in [0.2, 0.25) is 0 Å². The van der Waals surface area contributed by atoms with Gasteiger partial charge < -0.3 is 92.4 Å². The molecule has 0 unspecified atom stereocenters. The fraction of sp³-hybridized carbons (Fsp3) is 0.490. The molecule has 0 atom stereocenters. The van der Waals surface area contributed by atoms with Crippen molar-refractivity contribution < 1.29 is 71.9 Å². The third-order valence-corrected chi connectivity index (χ3v) is 22.6. The molecule has 139 heavy (non-hydrogen) atoms. The van der Waals surface area contributed by atoms with Crippen molar-refractivity contribution in [2.75, 3.05) is 108 Å². The lowest BCUT2D eigenvalue weighted by Crippen LogP contribution is -2.51. The fourth-order valence-corrected chi connectivity index (χ4v) is 15.4. The van der Waals surface area contributed by atoms with E-state index in [4.69, 9.17) is 74.9 Å². The van der Waals surface area contributed by atoms with Crippen LogP contribution in [0.4, 0.5) is 41.4 Å². The molecule has 5 saturated heterocycles. The highest BCUT2D eigenvalue weighted by Crippen LogP contribution is 2.40. The second-order valence-corrected chi connectivity index (χ2v) is 39.1. The smallest absolute Gasteiger partial charge is 0.476 e. The summed E-state index contributed by atoms with van der Waals surface area (Å²) in [6, 6.07) is 55.7. The number of nitrogen functional groups attached to an aromatic ring is 3. The number of aromatic carboxylic acids is 1. The van der Waals surface area contributed by atoms with Crippen LogP contribution < -0.4 is 44.2 Å². The molecule has 8 aromatic rings. The zero-order chi connectivity index (χ0) is 101. The van der Waals surface area contributed by atoms with Crippen molar-refractivity contribution in [2.45, 2.75) is 231 Å². The van der Waals surface area contributed by atoms with E-state index in [0.717, 1.165) is 75.8 Å². The summed E-state index contributed by atoms with van der Waals surface area (Å²) in [5.41, 5.74) is 24.7. The number of carboxylic acids is 1. The zero-order valence-electron chi connectivity index (χ0n) is 81.9. The van der Waals surface area contributed by atoms with Gasteiger partial charge in [-0.1, -0.05) is 159 Å². The van der Waals surface area contributed by atoms with Crippen molar-refractivity contribution in [3.8, 4) is 12.1 Å². The Morgan fingerprint density at radius 2 is 0.633 bits per heavy atom. The molecule has 5 fully saturated rings. The van der Waals surface area contributed by atoms with Gasteiger partial charge in [0.2, 0.25) is 0 Å². The van der Waals surface area contributed by atoms with Crippen LogP contribution in [0, 0.1) is 22.7 Å². The first-order chi connectivity index (χ1) is 64.6. The first-order valence-corrected chi connectivity index (χ1v) is 46.6. The summed E-state index contributed by atoms with van der Waals surface area (Å²) in [6.45, 7) is 35.8. The summed E-state index contributed by atoms with van der Waals surface area (Å²) in [5, 5.41) is 40.2. The number of carboxylic acid groups (broad SMARTS) is 1. The molecule has 13 N–H and O–H groups in total. The molecule has 0 aliphatic carbocycles. The number of piperidine rings is 5. The highest BCUT2D eigenvalue weighted by molar-refractivity contribution is 6.40. The molecule has 0 spiro atoms. The number of amides is 5. The van der Waals surface area contributed by atoms with Crippen LogP contribution in [0.1, 0.15) is 235 Å². The highest BCUT2D eigenvalue weighted by Gasteiger charge is 2.43. The van der Waals surface area contributed by atoms with Gasteiger partial charge in [0.25, 0.3) is 11.8 Å². The van der Waals surface area contributed by atoms with Crippen LogP contribution in [-0.4, -0.2) is 217 Å². The van der Waals surface area contributed by atoms with Crippen LogP contribution in [0.15, 0.2) is 189 Å². The number of hydrogen-bond acceptors (Lipinski definition) is 28. The van der Waals surface area contributed by atoms with Gasteiger partial charge in [-0.2, -0.15) is 10.5 Å². The number of carbonyl (C=O) groups excluding carboxylic acids is 7. The lowest BCUT2D eigenvalue weighted by molar-refractivity contribution is -0.0296. The molecule has 0 radical (unpaired) electrons. The predicted molar refractivity (Wildman–Crippen MR) is 541 cm³/mol. The molecular weight excluding hydrogens is 1840 g/mol. The van der Waals surface area contributed by atoms with Gasteiger partial charge in [0.1, 0.15) is 28.0 Å². The minimum absolute atomic E-state index is 0. The molecular formula is C102H142Cl3N19O15. The van der Waals surface area contributed by atoms with Gasteiger partial charge in [0.05, 0.1) is 28.3 Å². The van der Waals surface area contributed by atoms with E-state index in [-0.39, 0.29) is 111 Å². The normalized spacial score (nSPS) is 15.8. The number of rotatable bonds is 13. The van der Waals surface area contributed by atoms with Gasteiger partial charge in [-0.15, -0.1) is 35.6 Å². The first-order valence-electron chi connectivity index (χ1n) is 45.5. The number of carbonyl (C=O) groups is 8. The molecule has 8 heterocycles. The minimum Gasteiger partial charge on any atom is -0.476 e. The number of aromatic nitrogens is 6. The van der Waals surface area contributed by atoms with Crippen molar-refractivity contribution in [1.29, 1.82) is 10.5 Å². The van der Waals surface area contributed by atoms with E-state index in [1.165, 1.54) is 53.9 Å². The Kier molecular flexibility index (Phi) is 47.7. The predicted octanol–water partition coefficient (Wildman–Crippen LogP) is 17.2. The molecule has 37 heteroatoms. The Hall–Kier alpha value is -12.6. The number of halogens is 3. The van der Waals surface area contributed by atoms with Gasteiger partial charge in [0.15, 0.2) is 34.5 Å². The summed E-state index contributed by atoms with van der Waals surface area (Å²) in [5.74, 6) is -1.59. The average molecular weight is 1980 g/mol. The van der Waals surface area contributed by atoms with Crippen molar-refractivity contribution in [2.24, 2.45) is 5.73 Å². The van der Waals surface area contributed by atoms with Crippen LogP contribution in [0.3, 0.4) is 0 Å². The third-order valence-electron chi connectivity index (χ3n) is 22.6. The van der Waals surface area contributed by atoms with Gasteiger partial charge in [0, 0.05) is 112 Å². The summed E-state index contributed by atoms with van der Waals surface area (Å²) in [6.07, 6.45) is 13.8. The standard InChI is InChI=1S/C22H29N5O3.C17H21N5O.C17H26N2O2.C17H22N2O2.C12H14N2.C10H18O5.C5H5N3O2.CH2Cl2.CH4.ClH/c1-21(2,3)30-20(29)27-13-9-22(10-14-27,16-7-5-4-6-8-16)15-26-19(28)17-18(23)25-12-11-24-17;18-15-14(20-10-11-21-15)16(23)22-12-17(6-8-19-9-7-17)13-4-2-1-3-5-13;2*1-16(2,3)21-15(20)19-11-9-17(13-18,10-12-19)14-7-5-4-6-8-14;13-10-12(6-8-14-9-7-12)11-4-2-1-3-5-11;1-9(2,3)14-7(11)13-8(12)15-10(4,5)6;6-4-3(5(9)10)7-1-2-8-4;2-1-3;;/h4-8,11-12H,9-10,13-15H2,1-3H3,(H2,23,25)(H,26,28);1-5,10-11,19H,6-9,12H2,(H2,18,21)(H,22,23);4-8H,9-13,18H2,1-3H3;4-8H,9-12H2,1-3H3;1-5,14H,6-9H2;1-6H3;1-2H,(H2,6,8)(H,9,10);1H2;1H4;1H. The van der Waals surface area contributed by atoms with E-state index >= 15 is 0 Å². The SMILES string of the molecule is C.CC(C)(C)OC(=O)N1CCC(C#N)(c2ccccc2)CC1.CC(C)(C)OC(=O)N1CCC(CN)(c2ccccc2)CC1.CC(C)(C)OC(=O)N1CCC(CNC(=O)c2nccnc2N)(c2ccccc2)CC1.CC(C)(C)OC(=O)OC(=O)OC(C)(C)C.Cl.ClCCl.N#CC1(c2ccccc2)CCNCC1.Nc1nccnc1C(=O)NCC1(c2ccccc2)CCNCC1.Nc1nccnc1C(=O)O. The van der Waals surface area contributed by atoms with E-state index < -0.39 is 51.7 Å². The number of alkyl halides is 2. The van der Waals surface area contributed by atoms with E-state index in [2.05, 4.69) is 117 Å². The number of nitriles is 2. The molecule has 0 saturated carbocycles. The number of nitrogens with one attached hydrogen (secondary N) is 4. The quantitative estimate of drug-likeness (QED) is 0.0224. The van der Waals surface area contributed by atoms with Gasteiger partial charge in [-0.25, -0.2) is 58.7 Å². The van der Waals surface area contributed by atoms with Gasteiger partial charge in [-0.3, -0.25) is 9.59 Å². The molecule has 34 nitrogen and oxygen atoms in total. The van der Waals surface area contributed by atoms with E-state index in [1.54, 1.807) is 56.2 Å². The molecule has 5 aromatic carbocycles. The number of benzene rings is 5. The van der Waals surface area contributed by atoms with Crippen LogP contribution in [-0.2, 0) is 55.5 Å². The van der Waals surface area contributed by atoms with E-state index in [1.807, 2.05) is 165 Å². The lowest BCUT2D eigenvalue weighted by atomic mass is 9.72. The second-order valence-electron chi connectivity index (χ2n) is 38.3. The molecule has 0 bridgehead atoms. The van der Waals surface area contributed by atoms with Crippen molar-refractivity contribution in [1.82, 2.24) is 65.9 Å². The number of nitrogens with two attached hydrogens (primary N) is 4. The number of likely N-dealkylation sites (tertiary alicyclic amines) is 3. The Morgan fingerprint density at radius 1 is 0.388 bits per heavy atom. The molecule has 5 aliphatic heterocycles. The minimum atomic E-state index is -1.16. The molecule has 3 aromatic heterocycles. The first kappa shape index (κ1) is 119. The van der Waals surface area contributed by atoms with E-state index in [9.17, 15) is 48.9 Å². The van der Waals surface area contributed by atoms with Crippen LogP contribution >= 0.6 is 35.6 Å². The summed E-state index contributed by atoms with van der Waals surface area (Å²) < 4.78 is 30.1. The summed E-state index contributed by atoms with van der Waals surface area (Å²) in [4.78, 5) is 122. The zero-order valence-corrected chi connectivity index (χ0v) is 84.3. The van der Waals surface area contributed by atoms with Crippen molar-refractivity contribution in [3.05, 3.63) is 234 Å². The Morgan fingerprint density at radius 3 is 0.899 bits per heavy atom. The van der Waals surface area contributed by atoms with E-state index in [0.29, 0.717) is 84.6 Å². The third kappa shape index (κ3) is 39.3. The van der Waals surface area contributed by atoms with Crippen molar-refractivity contribution in [3.63, 3.8) is 0 Å². The van der Waals surface area contributed by atoms with Gasteiger partial charge >= 0.3 is 36.6 Å². The number of ether oxygens (including phenoxy) is 6. The Bertz CT molecular complexity index is 5170. The van der Waals surface area contributed by atoms with Gasteiger partial charge in [-0.05, 0) is 222 Å². The molecule has 13 rings (SSSR count). The number of anilines is 3. The molecule has 5 amide bonds. The fourth-order valence-electron chi connectivity index (χ4n) is 15.4. The summed E-state index contributed by atoms with van der Waals surface area (Å²) >= 11 is 9.53. The Balaban J connectivity index is 0.000000343. The maximum Gasteiger partial charge on any atom is 0.519 e. The van der Waals surface area contributed by atoms with Crippen LogP contribution in [0.5, 0.6) is 0 Å². The average Bonchev–Trinajstić information content (AvgIpc) is 0.796.